The van der Waals surface area contributed by atoms with E-state index in [1.807, 2.05) is 48.5 Å². The van der Waals surface area contributed by atoms with Gasteiger partial charge in [-0.2, -0.15) is 0 Å². The number of rotatable bonds is 7. The molecule has 0 aliphatic heterocycles. The minimum atomic E-state index is -0.889. The van der Waals surface area contributed by atoms with Crippen molar-refractivity contribution in [3.63, 3.8) is 0 Å². The first-order chi connectivity index (χ1) is 13.2. The lowest BCUT2D eigenvalue weighted by molar-refractivity contribution is -0.0288. The van der Waals surface area contributed by atoms with E-state index in [2.05, 4.69) is 19.9 Å². The summed E-state index contributed by atoms with van der Waals surface area (Å²) in [6, 6.07) is 15.4. The van der Waals surface area contributed by atoms with Crippen LogP contribution in [0.1, 0.15) is 24.5 Å². The fourth-order valence-electron chi connectivity index (χ4n) is 3.15. The van der Waals surface area contributed by atoms with Crippen molar-refractivity contribution < 1.29 is 14.9 Å². The molecule has 0 radical (unpaired) electrons. The number of hydrogen-bond acceptors (Lipinski definition) is 5. The summed E-state index contributed by atoms with van der Waals surface area (Å²) >= 11 is 0. The minimum Gasteiger partial charge on any atom is -0.394 e. The second-order valence-electron chi connectivity index (χ2n) is 6.65. The summed E-state index contributed by atoms with van der Waals surface area (Å²) < 4.78 is 5.54. The average molecular weight is 366 g/mol. The van der Waals surface area contributed by atoms with E-state index in [9.17, 15) is 5.11 Å². The number of nitrogens with one attached hydrogen (secondary N) is 2. The number of hydrogen-bond donors (Lipinski definition) is 4. The van der Waals surface area contributed by atoms with Gasteiger partial charge in [-0.3, -0.25) is 0 Å². The molecular weight excluding hydrogens is 344 g/mol. The predicted molar refractivity (Wildman–Crippen MR) is 103 cm³/mol. The Morgan fingerprint density at radius 1 is 0.926 bits per heavy atom. The minimum absolute atomic E-state index is 0.0560. The lowest BCUT2D eigenvalue weighted by Crippen LogP contribution is -2.29. The van der Waals surface area contributed by atoms with Crippen LogP contribution in [0.15, 0.2) is 48.5 Å². The molecule has 2 aromatic heterocycles. The van der Waals surface area contributed by atoms with E-state index in [-0.39, 0.29) is 19.3 Å². The Morgan fingerprint density at radius 3 is 1.93 bits per heavy atom. The molecule has 4 aromatic rings. The van der Waals surface area contributed by atoms with Gasteiger partial charge in [0.15, 0.2) is 0 Å². The summed E-state index contributed by atoms with van der Waals surface area (Å²) in [6.07, 6.45) is -1.24. The lowest BCUT2D eigenvalue weighted by atomic mass is 10.0. The van der Waals surface area contributed by atoms with E-state index in [1.165, 1.54) is 0 Å². The average Bonchev–Trinajstić information content (AvgIpc) is 3.29. The van der Waals surface area contributed by atoms with Crippen LogP contribution >= 0.6 is 0 Å². The molecule has 0 saturated carbocycles. The summed E-state index contributed by atoms with van der Waals surface area (Å²) in [5.41, 5.74) is 3.44. The molecule has 2 aromatic carbocycles. The molecule has 0 saturated heterocycles. The first-order valence-corrected chi connectivity index (χ1v) is 8.95. The molecule has 140 valence electrons. The molecule has 2 atom stereocenters. The van der Waals surface area contributed by atoms with Gasteiger partial charge in [-0.05, 0) is 31.2 Å². The van der Waals surface area contributed by atoms with Crippen LogP contribution in [0, 0.1) is 0 Å². The van der Waals surface area contributed by atoms with Gasteiger partial charge < -0.3 is 24.9 Å². The highest BCUT2D eigenvalue weighted by Gasteiger charge is 2.30. The highest BCUT2D eigenvalue weighted by Crippen LogP contribution is 2.28. The zero-order chi connectivity index (χ0) is 18.8. The van der Waals surface area contributed by atoms with Crippen LogP contribution < -0.4 is 0 Å². The van der Waals surface area contributed by atoms with E-state index >= 15 is 0 Å². The maximum atomic E-state index is 10.9. The van der Waals surface area contributed by atoms with Crippen LogP contribution in [0.2, 0.25) is 0 Å². The number of H-pyrrole nitrogens is 2. The first kappa shape index (κ1) is 17.7. The Bertz CT molecular complexity index is 902. The second-order valence-corrected chi connectivity index (χ2v) is 6.65. The van der Waals surface area contributed by atoms with Crippen molar-refractivity contribution in [1.29, 1.82) is 0 Å². The van der Waals surface area contributed by atoms with Gasteiger partial charge in [0.25, 0.3) is 0 Å². The fraction of sp³-hybridized carbons (Fsp3) is 0.300. The van der Waals surface area contributed by atoms with Crippen molar-refractivity contribution in [3.8, 4) is 0 Å². The van der Waals surface area contributed by atoms with Gasteiger partial charge in [0, 0.05) is 0 Å². The fourth-order valence-corrected chi connectivity index (χ4v) is 3.15. The number of nitrogens with zero attached hydrogens (tertiary/aromatic N) is 2. The van der Waals surface area contributed by atoms with Crippen molar-refractivity contribution in [2.75, 3.05) is 13.2 Å². The highest BCUT2D eigenvalue weighted by atomic mass is 16.5. The van der Waals surface area contributed by atoms with Crippen molar-refractivity contribution >= 4 is 22.1 Å². The molecule has 7 nitrogen and oxygen atoms in total. The number of benzene rings is 2. The summed E-state index contributed by atoms with van der Waals surface area (Å²) in [4.78, 5) is 15.9. The third kappa shape index (κ3) is 3.57. The van der Waals surface area contributed by atoms with E-state index < -0.39 is 12.0 Å². The van der Waals surface area contributed by atoms with Crippen molar-refractivity contribution in [1.82, 2.24) is 19.9 Å². The zero-order valence-electron chi connectivity index (χ0n) is 15.0. The molecule has 0 amide bonds. The van der Waals surface area contributed by atoms with Crippen LogP contribution in [0.3, 0.4) is 0 Å². The standard InChI is InChI=1S/C20H22N4O3/c1-12(10-25)27-11-17(26)18(19-21-13-6-2-3-7-14(13)22-19)20-23-15-8-4-5-9-16(15)24-20/h2-9,12,17-18,25-26H,10-11H2,1H3,(H,21,22)(H,23,24). The molecule has 2 heterocycles. The van der Waals surface area contributed by atoms with E-state index in [1.54, 1.807) is 6.92 Å². The van der Waals surface area contributed by atoms with E-state index in [0.29, 0.717) is 11.6 Å². The van der Waals surface area contributed by atoms with Crippen LogP contribution in [0.5, 0.6) is 0 Å². The van der Waals surface area contributed by atoms with Gasteiger partial charge in [-0.1, -0.05) is 24.3 Å². The largest absolute Gasteiger partial charge is 0.394 e. The SMILES string of the molecule is CC(CO)OCC(O)C(c1nc2ccccc2[nH]1)c1nc2ccccc2[nH]1. The number of para-hydroxylation sites is 4. The molecule has 0 spiro atoms. The van der Waals surface area contributed by atoms with Gasteiger partial charge in [-0.15, -0.1) is 0 Å². The monoisotopic (exact) mass is 366 g/mol. The first-order valence-electron chi connectivity index (χ1n) is 8.95. The molecule has 4 rings (SSSR count). The van der Waals surface area contributed by atoms with Crippen LogP contribution in [-0.4, -0.2) is 55.6 Å². The maximum Gasteiger partial charge on any atom is 0.120 e. The molecular formula is C20H22N4O3. The molecule has 27 heavy (non-hydrogen) atoms. The molecule has 0 aliphatic carbocycles. The van der Waals surface area contributed by atoms with Crippen LogP contribution in [0.4, 0.5) is 0 Å². The molecule has 4 N–H and O–H groups in total. The normalized spacial score (nSPS) is 14.2. The number of aromatic amines is 2. The molecule has 0 fully saturated rings. The van der Waals surface area contributed by atoms with Crippen LogP contribution in [-0.2, 0) is 4.74 Å². The third-order valence-corrected chi connectivity index (χ3v) is 4.60. The van der Waals surface area contributed by atoms with Gasteiger partial charge in [0.1, 0.15) is 17.6 Å². The summed E-state index contributed by atoms with van der Waals surface area (Å²) in [7, 11) is 0. The quantitative estimate of drug-likeness (QED) is 0.402. The molecule has 7 heteroatoms. The number of aromatic nitrogens is 4. The Hall–Kier alpha value is -2.74. The van der Waals surface area contributed by atoms with E-state index in [4.69, 9.17) is 9.84 Å². The smallest absolute Gasteiger partial charge is 0.120 e. The predicted octanol–water partition coefficient (Wildman–Crippen LogP) is 2.33. The van der Waals surface area contributed by atoms with Crippen molar-refractivity contribution in [2.24, 2.45) is 0 Å². The maximum absolute atomic E-state index is 10.9. The van der Waals surface area contributed by atoms with Gasteiger partial charge >= 0.3 is 0 Å². The van der Waals surface area contributed by atoms with Gasteiger partial charge in [0.2, 0.25) is 0 Å². The van der Waals surface area contributed by atoms with E-state index in [0.717, 1.165) is 22.1 Å². The van der Waals surface area contributed by atoms with Gasteiger partial charge in [0.05, 0.1) is 47.5 Å². The molecule has 0 bridgehead atoms. The third-order valence-electron chi connectivity index (χ3n) is 4.60. The summed E-state index contributed by atoms with van der Waals surface area (Å²) in [5, 5.41) is 20.1. The van der Waals surface area contributed by atoms with Crippen LogP contribution in [0.25, 0.3) is 22.1 Å². The summed E-state index contributed by atoms with van der Waals surface area (Å²) in [6.45, 7) is 1.71. The number of imidazole rings is 2. The topological polar surface area (TPSA) is 107 Å². The van der Waals surface area contributed by atoms with Gasteiger partial charge in [-0.25, -0.2) is 9.97 Å². The zero-order valence-corrected chi connectivity index (χ0v) is 15.0. The number of ether oxygens (including phenoxy) is 1. The number of aliphatic hydroxyl groups is 2. The van der Waals surface area contributed by atoms with Crippen molar-refractivity contribution in [2.45, 2.75) is 25.0 Å². The lowest BCUT2D eigenvalue weighted by Gasteiger charge is -2.21. The Labute approximate surface area is 156 Å². The Morgan fingerprint density at radius 2 is 1.44 bits per heavy atom. The summed E-state index contributed by atoms with van der Waals surface area (Å²) in [5.74, 6) is 0.710. The Kier molecular flexibility index (Phi) is 4.89. The molecule has 2 unspecified atom stereocenters. The van der Waals surface area contributed by atoms with Crippen molar-refractivity contribution in [3.05, 3.63) is 60.2 Å². The second kappa shape index (κ2) is 7.48. The molecule has 0 aliphatic rings. The Balaban J connectivity index is 1.74. The highest BCUT2D eigenvalue weighted by molar-refractivity contribution is 5.76. The number of fused-ring (bicyclic) bond motifs is 2. The number of aliphatic hydroxyl groups excluding tert-OH is 2.